The molecule has 3 heterocycles. The summed E-state index contributed by atoms with van der Waals surface area (Å²) >= 11 is 0. The summed E-state index contributed by atoms with van der Waals surface area (Å²) in [4.78, 5) is 39.9. The van der Waals surface area contributed by atoms with Crippen molar-refractivity contribution in [1.29, 1.82) is 0 Å². The van der Waals surface area contributed by atoms with Gasteiger partial charge in [0.15, 0.2) is 0 Å². The quantitative estimate of drug-likeness (QED) is 0.686. The lowest BCUT2D eigenvalue weighted by molar-refractivity contribution is -0.132. The monoisotopic (exact) mass is 342 g/mol. The maximum absolute atomic E-state index is 12.8. The molecule has 1 aromatic carbocycles. The van der Waals surface area contributed by atoms with Crippen molar-refractivity contribution in [2.24, 2.45) is 5.92 Å². The van der Waals surface area contributed by atoms with Crippen molar-refractivity contribution in [3.63, 3.8) is 0 Å². The average Bonchev–Trinajstić information content (AvgIpc) is 3.21. The highest BCUT2D eigenvalue weighted by Gasteiger charge is 2.51. The normalized spacial score (nSPS) is 31.5. The summed E-state index contributed by atoms with van der Waals surface area (Å²) in [5.74, 6) is -0.846. The number of fused-ring (bicyclic) bond motifs is 2. The van der Waals surface area contributed by atoms with Gasteiger partial charge in [0.05, 0.1) is 28.7 Å². The molecule has 132 valence electrons. The summed E-state index contributed by atoms with van der Waals surface area (Å²) in [7, 11) is 0. The number of benzene rings is 1. The summed E-state index contributed by atoms with van der Waals surface area (Å²) in [6.45, 7) is 3.35. The third-order valence-electron chi connectivity index (χ3n) is 5.51. The molecule has 3 amide bonds. The van der Waals surface area contributed by atoms with E-state index < -0.39 is 11.5 Å². The Kier molecular flexibility index (Phi) is 3.76. The number of carbonyl (C=O) groups excluding carboxylic acids is 3. The van der Waals surface area contributed by atoms with Crippen molar-refractivity contribution in [3.05, 3.63) is 29.8 Å². The van der Waals surface area contributed by atoms with E-state index in [0.29, 0.717) is 24.3 Å². The molecule has 2 fully saturated rings. The van der Waals surface area contributed by atoms with Crippen LogP contribution in [0.2, 0.25) is 0 Å². The fourth-order valence-electron chi connectivity index (χ4n) is 4.11. The van der Waals surface area contributed by atoms with Crippen molar-refractivity contribution in [2.75, 3.05) is 25.0 Å². The van der Waals surface area contributed by atoms with Crippen LogP contribution in [0.1, 0.15) is 30.1 Å². The number of hydrogen-bond donors (Lipinski definition) is 3. The van der Waals surface area contributed by atoms with Crippen LogP contribution in [0.4, 0.5) is 5.69 Å². The number of hydrogen-bond acceptors (Lipinski definition) is 4. The molecule has 4 rings (SSSR count). The van der Waals surface area contributed by atoms with Crippen LogP contribution in [0.15, 0.2) is 24.3 Å². The SMILES string of the molecule is C[C@]12CN(C(=O)C3CCCN3)C[C@H]1C(=O)Nc1ccccc1C(=O)N2. The van der Waals surface area contributed by atoms with E-state index in [9.17, 15) is 14.4 Å². The number of nitrogens with zero attached hydrogens (tertiary/aromatic N) is 1. The predicted octanol–water partition coefficient (Wildman–Crippen LogP) is 0.338. The van der Waals surface area contributed by atoms with Crippen LogP contribution in [0, 0.1) is 5.92 Å². The fraction of sp³-hybridized carbons (Fsp3) is 0.500. The Morgan fingerprint density at radius 2 is 2.08 bits per heavy atom. The summed E-state index contributed by atoms with van der Waals surface area (Å²) in [5, 5.41) is 9.08. The highest BCUT2D eigenvalue weighted by Crippen LogP contribution is 2.32. The number of carbonyl (C=O) groups is 3. The maximum atomic E-state index is 12.8. The van der Waals surface area contributed by atoms with E-state index in [2.05, 4.69) is 16.0 Å². The lowest BCUT2D eigenvalue weighted by Crippen LogP contribution is -2.56. The van der Waals surface area contributed by atoms with E-state index in [-0.39, 0.29) is 23.8 Å². The molecule has 0 aliphatic carbocycles. The van der Waals surface area contributed by atoms with Gasteiger partial charge in [-0.15, -0.1) is 0 Å². The zero-order valence-corrected chi connectivity index (χ0v) is 14.2. The first-order valence-electron chi connectivity index (χ1n) is 8.72. The first-order chi connectivity index (χ1) is 12.0. The lowest BCUT2D eigenvalue weighted by atomic mass is 9.86. The Labute approximate surface area is 146 Å². The summed E-state index contributed by atoms with van der Waals surface area (Å²) < 4.78 is 0. The molecule has 0 radical (unpaired) electrons. The Morgan fingerprint density at radius 1 is 1.28 bits per heavy atom. The van der Waals surface area contributed by atoms with Crippen molar-refractivity contribution in [1.82, 2.24) is 15.5 Å². The number of anilines is 1. The van der Waals surface area contributed by atoms with Crippen molar-refractivity contribution in [2.45, 2.75) is 31.3 Å². The summed E-state index contributed by atoms with van der Waals surface area (Å²) in [5.41, 5.74) is 0.176. The third kappa shape index (κ3) is 2.68. The van der Waals surface area contributed by atoms with Gasteiger partial charge in [-0.25, -0.2) is 0 Å². The van der Waals surface area contributed by atoms with E-state index in [1.807, 2.05) is 6.92 Å². The summed E-state index contributed by atoms with van der Waals surface area (Å²) in [6.07, 6.45) is 1.80. The number of amides is 3. The highest BCUT2D eigenvalue weighted by molar-refractivity contribution is 6.07. The molecular weight excluding hydrogens is 320 g/mol. The Hall–Kier alpha value is -2.41. The zero-order chi connectivity index (χ0) is 17.6. The van der Waals surface area contributed by atoms with E-state index in [0.717, 1.165) is 19.4 Å². The minimum atomic E-state index is -0.775. The van der Waals surface area contributed by atoms with Crippen LogP contribution in [0.3, 0.4) is 0 Å². The molecule has 3 aliphatic rings. The highest BCUT2D eigenvalue weighted by atomic mass is 16.2. The summed E-state index contributed by atoms with van der Waals surface area (Å²) in [6, 6.07) is 6.78. The van der Waals surface area contributed by atoms with E-state index in [1.54, 1.807) is 29.2 Å². The molecule has 0 aromatic heterocycles. The van der Waals surface area contributed by atoms with Gasteiger partial charge in [0.2, 0.25) is 11.8 Å². The van der Waals surface area contributed by atoms with Gasteiger partial charge >= 0.3 is 0 Å². The molecule has 3 aliphatic heterocycles. The van der Waals surface area contributed by atoms with Gasteiger partial charge in [0.1, 0.15) is 0 Å². The molecule has 3 N–H and O–H groups in total. The first-order valence-corrected chi connectivity index (χ1v) is 8.72. The molecule has 7 heteroatoms. The van der Waals surface area contributed by atoms with Crippen LogP contribution in [-0.4, -0.2) is 53.8 Å². The van der Waals surface area contributed by atoms with Gasteiger partial charge in [0, 0.05) is 13.1 Å². The number of likely N-dealkylation sites (tertiary alicyclic amines) is 1. The molecule has 0 bridgehead atoms. The zero-order valence-electron chi connectivity index (χ0n) is 14.2. The second-order valence-corrected chi connectivity index (χ2v) is 7.33. The molecule has 7 nitrogen and oxygen atoms in total. The molecule has 0 spiro atoms. The largest absolute Gasteiger partial charge is 0.344 e. The number of para-hydroxylation sites is 1. The minimum absolute atomic E-state index is 0.0186. The van der Waals surface area contributed by atoms with E-state index in [1.165, 1.54) is 0 Å². The van der Waals surface area contributed by atoms with Crippen LogP contribution < -0.4 is 16.0 Å². The molecule has 1 aromatic rings. The smallest absolute Gasteiger partial charge is 0.253 e. The van der Waals surface area contributed by atoms with Gasteiger partial charge in [-0.05, 0) is 38.4 Å². The van der Waals surface area contributed by atoms with Crippen LogP contribution in [-0.2, 0) is 9.59 Å². The Morgan fingerprint density at radius 3 is 2.84 bits per heavy atom. The number of nitrogens with one attached hydrogen (secondary N) is 3. The molecule has 0 saturated carbocycles. The standard InChI is InChI=1S/C18H22N4O3/c1-18-10-22(17(25)14-7-4-8-19-14)9-12(18)16(24)20-13-6-3-2-5-11(13)15(23)21-18/h2-3,5-6,12,14,19H,4,7-10H2,1H3,(H,20,24)(H,21,23)/t12-,14?,18-/m0/s1. The topological polar surface area (TPSA) is 90.5 Å². The van der Waals surface area contributed by atoms with Gasteiger partial charge in [-0.3, -0.25) is 14.4 Å². The van der Waals surface area contributed by atoms with Crippen LogP contribution in [0.25, 0.3) is 0 Å². The lowest BCUT2D eigenvalue weighted by Gasteiger charge is -2.33. The Balaban J connectivity index is 1.62. The van der Waals surface area contributed by atoms with E-state index in [4.69, 9.17) is 0 Å². The van der Waals surface area contributed by atoms with Crippen molar-refractivity contribution in [3.8, 4) is 0 Å². The molecule has 3 atom stereocenters. The molecule has 1 unspecified atom stereocenters. The first kappa shape index (κ1) is 16.1. The molecule has 25 heavy (non-hydrogen) atoms. The second-order valence-electron chi connectivity index (χ2n) is 7.33. The maximum Gasteiger partial charge on any atom is 0.253 e. The molecular formula is C18H22N4O3. The third-order valence-corrected chi connectivity index (χ3v) is 5.51. The van der Waals surface area contributed by atoms with Gasteiger partial charge in [0.25, 0.3) is 5.91 Å². The number of rotatable bonds is 1. The van der Waals surface area contributed by atoms with Crippen LogP contribution in [0.5, 0.6) is 0 Å². The fourth-order valence-corrected chi connectivity index (χ4v) is 4.11. The second kappa shape index (κ2) is 5.84. The minimum Gasteiger partial charge on any atom is -0.344 e. The van der Waals surface area contributed by atoms with Crippen LogP contribution >= 0.6 is 0 Å². The molecule has 2 saturated heterocycles. The van der Waals surface area contributed by atoms with Crippen molar-refractivity contribution < 1.29 is 14.4 Å². The predicted molar refractivity (Wildman–Crippen MR) is 92.0 cm³/mol. The van der Waals surface area contributed by atoms with Gasteiger partial charge < -0.3 is 20.9 Å². The van der Waals surface area contributed by atoms with Crippen molar-refractivity contribution >= 4 is 23.4 Å². The van der Waals surface area contributed by atoms with E-state index >= 15 is 0 Å². The average molecular weight is 342 g/mol. The Bertz CT molecular complexity index is 744. The van der Waals surface area contributed by atoms with Gasteiger partial charge in [-0.2, -0.15) is 0 Å². The van der Waals surface area contributed by atoms with Gasteiger partial charge in [-0.1, -0.05) is 12.1 Å².